The van der Waals surface area contributed by atoms with Crippen LogP contribution in [0.5, 0.6) is 23.0 Å². The van der Waals surface area contributed by atoms with E-state index in [-0.39, 0.29) is 33.7 Å². The van der Waals surface area contributed by atoms with Crippen molar-refractivity contribution in [2.24, 2.45) is 20.5 Å². The predicted molar refractivity (Wildman–Crippen MR) is 225 cm³/mol. The maximum Gasteiger partial charge on any atom is 0.296 e. The number of benzene rings is 7. The van der Waals surface area contributed by atoms with E-state index in [2.05, 4.69) is 30.4 Å². The molecule has 22 nitrogen and oxygen atoms in total. The molecule has 8 N–H and O–H groups in total. The largest absolute Gasteiger partial charge is 0.506 e. The summed E-state index contributed by atoms with van der Waals surface area (Å²) in [5, 5.41) is 57.7. The first-order valence-corrected chi connectivity index (χ1v) is 23.2. The number of aromatic hydroxyl groups is 4. The fourth-order valence-electron chi connectivity index (χ4n) is 6.61. The molecule has 0 saturated heterocycles. The number of hydrogen-bond acceptors (Lipinski definition) is 18. The number of para-hydroxylation sites is 2. The number of azo groups is 2. The molecule has 8 rings (SSSR count). The Balaban J connectivity index is 1.13. The molecule has 0 amide bonds. The van der Waals surface area contributed by atoms with Gasteiger partial charge in [0, 0.05) is 10.8 Å². The highest BCUT2D eigenvalue weighted by Gasteiger charge is 2.29. The lowest BCUT2D eigenvalue weighted by atomic mass is 10.0. The number of hydrogen-bond donors (Lipinski definition) is 8. The fraction of sp³-hybridized carbons (Fsp3) is 0. The minimum Gasteiger partial charge on any atom is -0.506 e. The predicted octanol–water partition coefficient (Wildman–Crippen LogP) is 7.40. The van der Waals surface area contributed by atoms with Gasteiger partial charge in [0.05, 0.1) is 27.0 Å². The van der Waals surface area contributed by atoms with Gasteiger partial charge in [0.2, 0.25) is 0 Å². The first kappa shape index (κ1) is 43.4. The van der Waals surface area contributed by atoms with E-state index >= 15 is 0 Å². The topological polar surface area (TPSA) is 374 Å². The van der Waals surface area contributed by atoms with E-state index in [4.69, 9.17) is 0 Å². The van der Waals surface area contributed by atoms with Crippen LogP contribution in [0.15, 0.2) is 137 Å². The molecule has 0 aliphatic carbocycles. The van der Waals surface area contributed by atoms with Crippen LogP contribution in [0.25, 0.3) is 54.7 Å². The molecule has 0 unspecified atom stereocenters. The summed E-state index contributed by atoms with van der Waals surface area (Å²) in [6, 6.07) is 19.6. The molecule has 0 atom stereocenters. The summed E-state index contributed by atoms with van der Waals surface area (Å²) in [7, 11) is -20.9. The van der Waals surface area contributed by atoms with E-state index in [1.165, 1.54) is 30.3 Å². The average molecular weight is 949 g/mol. The molecule has 8 aromatic rings. The van der Waals surface area contributed by atoms with Crippen molar-refractivity contribution in [1.82, 2.24) is 9.97 Å². The van der Waals surface area contributed by atoms with Gasteiger partial charge in [0.25, 0.3) is 40.5 Å². The van der Waals surface area contributed by atoms with Gasteiger partial charge >= 0.3 is 0 Å². The number of fused-ring (bicyclic) bond motifs is 4. The molecular weight excluding hydrogens is 925 g/mol. The van der Waals surface area contributed by atoms with E-state index in [0.717, 1.165) is 24.3 Å². The highest BCUT2D eigenvalue weighted by Crippen LogP contribution is 2.46. The Labute approximate surface area is 358 Å². The van der Waals surface area contributed by atoms with Crippen LogP contribution >= 0.6 is 0 Å². The van der Waals surface area contributed by atoms with Crippen molar-refractivity contribution in [2.75, 3.05) is 0 Å². The highest BCUT2D eigenvalue weighted by atomic mass is 32.2. The van der Waals surface area contributed by atoms with Gasteiger partial charge < -0.3 is 20.4 Å². The summed E-state index contributed by atoms with van der Waals surface area (Å²) in [5.74, 6) is -3.21. The zero-order chi connectivity index (χ0) is 46.3. The normalized spacial score (nSPS) is 13.0. The summed E-state index contributed by atoms with van der Waals surface area (Å²) in [6.45, 7) is 0. The number of nitrogens with zero attached hydrogens (tertiary/aromatic N) is 6. The van der Waals surface area contributed by atoms with Gasteiger partial charge in [0.1, 0.15) is 48.9 Å². The van der Waals surface area contributed by atoms with Gasteiger partial charge in [-0.15, -0.1) is 20.5 Å². The van der Waals surface area contributed by atoms with E-state index < -0.39 is 111 Å². The van der Waals surface area contributed by atoms with Gasteiger partial charge in [-0.2, -0.15) is 33.7 Å². The second kappa shape index (κ2) is 15.2. The van der Waals surface area contributed by atoms with Crippen molar-refractivity contribution in [1.29, 1.82) is 0 Å². The molecule has 26 heteroatoms. The zero-order valence-electron chi connectivity index (χ0n) is 31.4. The monoisotopic (exact) mass is 948 g/mol. The van der Waals surface area contributed by atoms with Gasteiger partial charge in [0.15, 0.2) is 11.5 Å². The van der Waals surface area contributed by atoms with Crippen molar-refractivity contribution in [3.8, 4) is 34.1 Å². The zero-order valence-corrected chi connectivity index (χ0v) is 34.7. The molecular formula is C38H24N6O16S4. The molecule has 326 valence electrons. The van der Waals surface area contributed by atoms with Crippen LogP contribution in [-0.4, -0.2) is 82.3 Å². The molecule has 0 aliphatic heterocycles. The van der Waals surface area contributed by atoms with Crippen molar-refractivity contribution in [3.63, 3.8) is 0 Å². The third-order valence-electron chi connectivity index (χ3n) is 9.53. The van der Waals surface area contributed by atoms with Crippen LogP contribution in [0, 0.1) is 0 Å². The lowest BCUT2D eigenvalue weighted by Gasteiger charge is -2.12. The van der Waals surface area contributed by atoms with Crippen molar-refractivity contribution < 1.29 is 72.3 Å². The van der Waals surface area contributed by atoms with Crippen molar-refractivity contribution in [3.05, 3.63) is 97.1 Å². The second-order valence-electron chi connectivity index (χ2n) is 13.6. The Morgan fingerprint density at radius 3 is 1.36 bits per heavy atom. The van der Waals surface area contributed by atoms with Crippen LogP contribution in [0.4, 0.5) is 22.7 Å². The lowest BCUT2D eigenvalue weighted by Crippen LogP contribution is -2.06. The maximum absolute atomic E-state index is 12.5. The maximum atomic E-state index is 12.5. The van der Waals surface area contributed by atoms with Gasteiger partial charge in [-0.25, -0.2) is 9.97 Å². The summed E-state index contributed by atoms with van der Waals surface area (Å²) in [6.07, 6.45) is 0. The van der Waals surface area contributed by atoms with Crippen LogP contribution < -0.4 is 0 Å². The minimum absolute atomic E-state index is 0.0943. The summed E-state index contributed by atoms with van der Waals surface area (Å²) < 4.78 is 137. The summed E-state index contributed by atoms with van der Waals surface area (Å²) in [5.41, 5.74) is -0.149. The molecule has 0 fully saturated rings. The molecule has 0 saturated carbocycles. The van der Waals surface area contributed by atoms with Crippen molar-refractivity contribution in [2.45, 2.75) is 19.6 Å². The molecule has 0 spiro atoms. The second-order valence-corrected chi connectivity index (χ2v) is 19.2. The van der Waals surface area contributed by atoms with Crippen LogP contribution in [0.1, 0.15) is 0 Å². The smallest absolute Gasteiger partial charge is 0.296 e. The quantitative estimate of drug-likeness (QED) is 0.0397. The Morgan fingerprint density at radius 1 is 0.422 bits per heavy atom. The van der Waals surface area contributed by atoms with Crippen molar-refractivity contribution >= 4 is 107 Å². The number of rotatable bonds is 9. The Morgan fingerprint density at radius 2 is 0.891 bits per heavy atom. The van der Waals surface area contributed by atoms with Gasteiger partial charge in [-0.1, -0.05) is 24.3 Å². The third-order valence-corrected chi connectivity index (χ3v) is 13.0. The van der Waals surface area contributed by atoms with Crippen LogP contribution in [0.3, 0.4) is 0 Å². The van der Waals surface area contributed by atoms with Gasteiger partial charge in [-0.3, -0.25) is 18.2 Å². The van der Waals surface area contributed by atoms with E-state index in [9.17, 15) is 72.3 Å². The first-order valence-electron chi connectivity index (χ1n) is 17.5. The molecule has 0 radical (unpaired) electrons. The Hall–Kier alpha value is -7.30. The number of phenols is 4. The average Bonchev–Trinajstić information content (AvgIpc) is 3.20. The standard InChI is InChI=1S/C38H24N6O16S4/c45-29-11-17(5-7-25(29)41-43-35-32(63(55,56)57)13-19-10-27-28(16-22(19)37(35)47)40-24-4-2-1-3-23(24)39-27)18-6-8-26(30(46)12-18)42-44-36-33(64(58,59)60)14-20-9-21(61(49,50)51)15-31(62(52,53)54)34(20)38(36)48/h1-16,45-48H,(H,49,50,51)(H,52,53,54)(H,55,56,57)(H,58,59,60). The lowest BCUT2D eigenvalue weighted by molar-refractivity contribution is 0.469. The van der Waals surface area contributed by atoms with Crippen LogP contribution in [-0.2, 0) is 40.5 Å². The molecule has 64 heavy (non-hydrogen) atoms. The fourth-order valence-corrected chi connectivity index (χ4v) is 9.29. The third kappa shape index (κ3) is 8.08. The number of phenolic OH excluding ortho intramolecular Hbond substituents is 4. The molecule has 0 aliphatic rings. The van der Waals surface area contributed by atoms with Gasteiger partial charge in [-0.05, 0) is 94.7 Å². The SMILES string of the molecule is O=S(=O)(O)c1cc(S(=O)(=O)O)c2c(O)c(N=Nc3ccc(-c4ccc(N=Nc5c(S(=O)(=O)O)cc6cc7nc8ccccc8nc7cc6c5O)c(O)c4)cc3O)c(S(=O)(=O)O)cc2c1. The minimum atomic E-state index is -5.39. The summed E-state index contributed by atoms with van der Waals surface area (Å²) in [4.78, 5) is 4.60. The number of aromatic nitrogens is 2. The Bertz CT molecular complexity index is 3900. The first-order chi connectivity index (χ1) is 29.9. The van der Waals surface area contributed by atoms with E-state index in [0.29, 0.717) is 34.2 Å². The molecule has 1 heterocycles. The molecule has 1 aromatic heterocycles. The Kier molecular flexibility index (Phi) is 10.3. The molecule has 7 aromatic carbocycles. The van der Waals surface area contributed by atoms with Crippen LogP contribution in [0.2, 0.25) is 0 Å². The van der Waals surface area contributed by atoms with E-state index in [1.54, 1.807) is 24.3 Å². The molecule has 0 bridgehead atoms. The van der Waals surface area contributed by atoms with E-state index in [1.807, 2.05) is 0 Å². The summed E-state index contributed by atoms with van der Waals surface area (Å²) >= 11 is 0. The highest BCUT2D eigenvalue weighted by molar-refractivity contribution is 7.87.